The van der Waals surface area contributed by atoms with Gasteiger partial charge in [-0.15, -0.1) is 24.8 Å². The Morgan fingerprint density at radius 2 is 1.73 bits per heavy atom. The summed E-state index contributed by atoms with van der Waals surface area (Å²) >= 11 is 0. The lowest BCUT2D eigenvalue weighted by Gasteiger charge is -2.22. The number of piperidine rings is 1. The average molecular weight is 404 g/mol. The van der Waals surface area contributed by atoms with Crippen molar-refractivity contribution < 1.29 is 4.79 Å². The van der Waals surface area contributed by atoms with Crippen molar-refractivity contribution >= 4 is 30.7 Å². The lowest BCUT2D eigenvalue weighted by Crippen LogP contribution is -2.29. The number of nitrogens with zero attached hydrogens (tertiary/aromatic N) is 1. The second-order valence-corrected chi connectivity index (χ2v) is 6.74. The van der Waals surface area contributed by atoms with Gasteiger partial charge in [0, 0.05) is 19.5 Å². The van der Waals surface area contributed by atoms with E-state index >= 15 is 0 Å². The van der Waals surface area contributed by atoms with E-state index in [-0.39, 0.29) is 30.7 Å². The predicted molar refractivity (Wildman–Crippen MR) is 114 cm³/mol. The minimum absolute atomic E-state index is 0. The van der Waals surface area contributed by atoms with Gasteiger partial charge in [-0.25, -0.2) is 0 Å². The maximum Gasteiger partial charge on any atom is 0.220 e. The highest BCUT2D eigenvalue weighted by Gasteiger charge is 2.14. The molecule has 2 N–H and O–H groups in total. The molecule has 1 aromatic rings. The van der Waals surface area contributed by atoms with E-state index in [1.54, 1.807) is 0 Å². The zero-order valence-electron chi connectivity index (χ0n) is 16.1. The number of carbonyl (C=O) groups is 1. The molecule has 6 heteroatoms. The molecule has 1 fully saturated rings. The van der Waals surface area contributed by atoms with Crippen molar-refractivity contribution in [2.75, 3.05) is 26.2 Å². The van der Waals surface area contributed by atoms with Crippen LogP contribution in [0.2, 0.25) is 0 Å². The number of rotatable bonds is 9. The summed E-state index contributed by atoms with van der Waals surface area (Å²) < 4.78 is 0. The Balaban J connectivity index is 0.00000312. The number of hydrogen-bond acceptors (Lipinski definition) is 3. The Labute approximate surface area is 171 Å². The molecule has 1 saturated heterocycles. The molecular weight excluding hydrogens is 369 g/mol. The van der Waals surface area contributed by atoms with Crippen LogP contribution in [0.15, 0.2) is 24.3 Å². The molecule has 150 valence electrons. The third-order valence-electron chi connectivity index (χ3n) is 5.12. The van der Waals surface area contributed by atoms with Crippen molar-refractivity contribution in [3.63, 3.8) is 0 Å². The van der Waals surface area contributed by atoms with Crippen LogP contribution in [0.3, 0.4) is 0 Å². The molecular formula is C20H35Cl2N3O. The summed E-state index contributed by atoms with van der Waals surface area (Å²) in [5, 5.41) is 6.49. The van der Waals surface area contributed by atoms with E-state index in [9.17, 15) is 4.79 Å². The smallest absolute Gasteiger partial charge is 0.220 e. The van der Waals surface area contributed by atoms with Crippen LogP contribution >= 0.6 is 24.8 Å². The van der Waals surface area contributed by atoms with E-state index in [1.165, 1.54) is 24.0 Å². The van der Waals surface area contributed by atoms with Crippen LogP contribution in [-0.2, 0) is 17.9 Å². The van der Waals surface area contributed by atoms with Gasteiger partial charge >= 0.3 is 0 Å². The topological polar surface area (TPSA) is 44.4 Å². The highest BCUT2D eigenvalue weighted by atomic mass is 35.5. The number of nitrogens with one attached hydrogen (secondary N) is 2. The Morgan fingerprint density at radius 3 is 2.35 bits per heavy atom. The number of carbonyl (C=O) groups excluding carboxylic acids is 1. The van der Waals surface area contributed by atoms with E-state index < -0.39 is 0 Å². The van der Waals surface area contributed by atoms with Gasteiger partial charge in [0.15, 0.2) is 0 Å². The second kappa shape index (κ2) is 14.3. The summed E-state index contributed by atoms with van der Waals surface area (Å²) in [7, 11) is 0. The molecule has 0 radical (unpaired) electrons. The first-order chi connectivity index (χ1) is 11.7. The van der Waals surface area contributed by atoms with E-state index in [0.717, 1.165) is 39.1 Å². The summed E-state index contributed by atoms with van der Waals surface area (Å²) in [4.78, 5) is 14.6. The van der Waals surface area contributed by atoms with Gasteiger partial charge in [-0.2, -0.15) is 0 Å². The minimum atomic E-state index is 0. The quantitative estimate of drug-likeness (QED) is 0.659. The third kappa shape index (κ3) is 8.72. The fraction of sp³-hybridized carbons (Fsp3) is 0.650. The zero-order valence-corrected chi connectivity index (χ0v) is 17.8. The van der Waals surface area contributed by atoms with Crippen LogP contribution in [0, 0.1) is 5.92 Å². The molecule has 0 spiro atoms. The molecule has 0 bridgehead atoms. The highest BCUT2D eigenvalue weighted by Crippen LogP contribution is 2.17. The highest BCUT2D eigenvalue weighted by molar-refractivity contribution is 5.85. The molecule has 1 amide bonds. The van der Waals surface area contributed by atoms with E-state index in [2.05, 4.69) is 53.6 Å². The van der Waals surface area contributed by atoms with Crippen molar-refractivity contribution in [2.24, 2.45) is 5.92 Å². The SMILES string of the molecule is CCN(CC)Cc1ccccc1CNC(=O)CCC1CCNCC1.Cl.Cl. The van der Waals surface area contributed by atoms with Gasteiger partial charge in [0.05, 0.1) is 0 Å². The average Bonchev–Trinajstić information content (AvgIpc) is 2.64. The summed E-state index contributed by atoms with van der Waals surface area (Å²) in [6, 6.07) is 8.45. The van der Waals surface area contributed by atoms with Crippen LogP contribution in [0.5, 0.6) is 0 Å². The molecule has 0 saturated carbocycles. The second-order valence-electron chi connectivity index (χ2n) is 6.74. The van der Waals surface area contributed by atoms with Crippen molar-refractivity contribution in [1.29, 1.82) is 0 Å². The molecule has 1 heterocycles. The van der Waals surface area contributed by atoms with Crippen LogP contribution < -0.4 is 10.6 Å². The molecule has 0 aliphatic carbocycles. The number of benzene rings is 1. The van der Waals surface area contributed by atoms with Crippen LogP contribution in [-0.4, -0.2) is 37.0 Å². The molecule has 4 nitrogen and oxygen atoms in total. The van der Waals surface area contributed by atoms with Gasteiger partial charge < -0.3 is 10.6 Å². The Bertz CT molecular complexity index is 504. The molecule has 0 unspecified atom stereocenters. The molecule has 2 rings (SSSR count). The maximum absolute atomic E-state index is 12.2. The fourth-order valence-corrected chi connectivity index (χ4v) is 3.36. The normalized spacial score (nSPS) is 14.4. The summed E-state index contributed by atoms with van der Waals surface area (Å²) in [5.41, 5.74) is 2.56. The predicted octanol–water partition coefficient (Wildman–Crippen LogP) is 3.77. The molecule has 0 atom stereocenters. The van der Waals surface area contributed by atoms with Crippen molar-refractivity contribution in [3.05, 3.63) is 35.4 Å². The third-order valence-corrected chi connectivity index (χ3v) is 5.12. The number of halogens is 2. The largest absolute Gasteiger partial charge is 0.352 e. The Morgan fingerprint density at radius 1 is 1.12 bits per heavy atom. The van der Waals surface area contributed by atoms with Crippen molar-refractivity contribution in [1.82, 2.24) is 15.5 Å². The van der Waals surface area contributed by atoms with Gasteiger partial charge in [-0.05, 0) is 62.5 Å². The first-order valence-corrected chi connectivity index (χ1v) is 9.49. The van der Waals surface area contributed by atoms with Gasteiger partial charge in [0.2, 0.25) is 5.91 Å². The standard InChI is InChI=1S/C20H33N3O.2ClH/c1-3-23(4-2)16-19-8-6-5-7-18(19)15-22-20(24)10-9-17-11-13-21-14-12-17;;/h5-8,17,21H,3-4,9-16H2,1-2H3,(H,22,24);2*1H. The summed E-state index contributed by atoms with van der Waals surface area (Å²) in [5.74, 6) is 0.901. The number of hydrogen-bond donors (Lipinski definition) is 2. The summed E-state index contributed by atoms with van der Waals surface area (Å²) in [6.07, 6.45) is 4.09. The van der Waals surface area contributed by atoms with Crippen LogP contribution in [0.1, 0.15) is 50.7 Å². The van der Waals surface area contributed by atoms with E-state index in [0.29, 0.717) is 18.9 Å². The van der Waals surface area contributed by atoms with Gasteiger partial charge in [-0.1, -0.05) is 38.1 Å². The maximum atomic E-state index is 12.2. The van der Waals surface area contributed by atoms with Gasteiger partial charge in [-0.3, -0.25) is 9.69 Å². The van der Waals surface area contributed by atoms with E-state index in [1.807, 2.05) is 0 Å². The molecule has 26 heavy (non-hydrogen) atoms. The van der Waals surface area contributed by atoms with Gasteiger partial charge in [0.1, 0.15) is 0 Å². The molecule has 1 aliphatic heterocycles. The lowest BCUT2D eigenvalue weighted by molar-refractivity contribution is -0.121. The monoisotopic (exact) mass is 403 g/mol. The zero-order chi connectivity index (χ0) is 17.2. The van der Waals surface area contributed by atoms with Crippen molar-refractivity contribution in [3.8, 4) is 0 Å². The first kappa shape index (κ1) is 25.2. The van der Waals surface area contributed by atoms with Crippen LogP contribution in [0.4, 0.5) is 0 Å². The first-order valence-electron chi connectivity index (χ1n) is 9.49. The fourth-order valence-electron chi connectivity index (χ4n) is 3.36. The molecule has 1 aliphatic rings. The minimum Gasteiger partial charge on any atom is -0.352 e. The molecule has 0 aromatic heterocycles. The van der Waals surface area contributed by atoms with E-state index in [4.69, 9.17) is 0 Å². The van der Waals surface area contributed by atoms with Crippen molar-refractivity contribution in [2.45, 2.75) is 52.6 Å². The summed E-state index contributed by atoms with van der Waals surface area (Å²) in [6.45, 7) is 10.3. The Hall–Kier alpha value is -0.810. The van der Waals surface area contributed by atoms with Crippen LogP contribution in [0.25, 0.3) is 0 Å². The lowest BCUT2D eigenvalue weighted by atomic mass is 9.93. The Kier molecular flexibility index (Phi) is 13.8. The molecule has 1 aromatic carbocycles. The van der Waals surface area contributed by atoms with Gasteiger partial charge in [0.25, 0.3) is 0 Å². The number of amides is 1.